The second-order valence-corrected chi connectivity index (χ2v) is 12.7. The van der Waals surface area contributed by atoms with E-state index in [4.69, 9.17) is 4.74 Å². The number of hydrogen-bond acceptors (Lipinski definition) is 5. The zero-order valence-electron chi connectivity index (χ0n) is 22.0. The lowest BCUT2D eigenvalue weighted by molar-refractivity contribution is -0.156. The van der Waals surface area contributed by atoms with E-state index in [0.29, 0.717) is 17.8 Å². The van der Waals surface area contributed by atoms with Gasteiger partial charge in [-0.15, -0.1) is 0 Å². The first-order valence-electron chi connectivity index (χ1n) is 14.4. The number of ether oxygens (including phenoxy) is 1. The van der Waals surface area contributed by atoms with Crippen LogP contribution < -0.4 is 0 Å². The Morgan fingerprint density at radius 1 is 1.03 bits per heavy atom. The highest BCUT2D eigenvalue weighted by Gasteiger charge is 2.58. The maximum Gasteiger partial charge on any atom is 0.309 e. The van der Waals surface area contributed by atoms with Crippen molar-refractivity contribution in [2.75, 3.05) is 0 Å². The van der Waals surface area contributed by atoms with Gasteiger partial charge in [0, 0.05) is 17.4 Å². The molecule has 0 spiro atoms. The van der Waals surface area contributed by atoms with E-state index in [1.54, 1.807) is 12.7 Å². The summed E-state index contributed by atoms with van der Waals surface area (Å²) in [6.45, 7) is 4.83. The molecule has 0 aromatic carbocycles. The minimum Gasteiger partial charge on any atom is -0.462 e. The molecule has 0 radical (unpaired) electrons. The molecule has 3 saturated carbocycles. The van der Waals surface area contributed by atoms with E-state index in [1.165, 1.54) is 24.8 Å². The zero-order valence-corrected chi connectivity index (χ0v) is 22.0. The minimum absolute atomic E-state index is 0.0409. The van der Waals surface area contributed by atoms with Crippen LogP contribution >= 0.6 is 0 Å². The molecule has 6 heteroatoms. The summed E-state index contributed by atoms with van der Waals surface area (Å²) in [7, 11) is 0. The number of fused-ring (bicyclic) bond motifs is 5. The molecule has 3 fully saturated rings. The average molecular weight is 492 g/mol. The molecule has 0 unspecified atom stereocenters. The molecule has 0 N–H and O–H groups in total. The van der Waals surface area contributed by atoms with Crippen molar-refractivity contribution in [2.24, 2.45) is 34.5 Å². The topological polar surface area (TPSA) is 74.1 Å². The third-order valence-corrected chi connectivity index (χ3v) is 11.0. The van der Waals surface area contributed by atoms with Crippen LogP contribution in [0.15, 0.2) is 29.9 Å². The first kappa shape index (κ1) is 24.1. The van der Waals surface area contributed by atoms with Gasteiger partial charge in [0.1, 0.15) is 25.0 Å². The highest BCUT2D eigenvalue weighted by atomic mass is 16.5. The van der Waals surface area contributed by atoms with Gasteiger partial charge in [-0.3, -0.25) is 9.59 Å². The van der Waals surface area contributed by atoms with Gasteiger partial charge in [0.05, 0.1) is 11.6 Å². The Kier molecular flexibility index (Phi) is 6.20. The molecule has 194 valence electrons. The van der Waals surface area contributed by atoms with Crippen molar-refractivity contribution in [3.63, 3.8) is 0 Å². The Balaban J connectivity index is 1.19. The van der Waals surface area contributed by atoms with Gasteiger partial charge in [0.25, 0.3) is 0 Å². The van der Waals surface area contributed by atoms with Crippen LogP contribution in [0.4, 0.5) is 0 Å². The smallest absolute Gasteiger partial charge is 0.309 e. The Bertz CT molecular complexity index is 1070. The number of rotatable bonds is 4. The molecule has 1 aromatic heterocycles. The molecular weight excluding hydrogens is 450 g/mol. The monoisotopic (exact) mass is 491 g/mol. The van der Waals surface area contributed by atoms with Crippen molar-refractivity contribution in [1.29, 1.82) is 0 Å². The van der Waals surface area contributed by atoms with Crippen LogP contribution in [0.25, 0.3) is 5.70 Å². The number of aldehydes is 1. The van der Waals surface area contributed by atoms with Crippen LogP contribution in [-0.2, 0) is 14.3 Å². The van der Waals surface area contributed by atoms with Crippen molar-refractivity contribution in [3.05, 3.63) is 29.9 Å². The summed E-state index contributed by atoms with van der Waals surface area (Å²) in [6.07, 6.45) is 20.9. The van der Waals surface area contributed by atoms with E-state index in [1.807, 2.05) is 4.68 Å². The van der Waals surface area contributed by atoms with Gasteiger partial charge < -0.3 is 4.74 Å². The maximum absolute atomic E-state index is 12.9. The molecule has 1 heterocycles. The number of carbonyl (C=O) groups excluding carboxylic acids is 2. The van der Waals surface area contributed by atoms with E-state index < -0.39 is 0 Å². The highest BCUT2D eigenvalue weighted by Crippen LogP contribution is 2.66. The lowest BCUT2D eigenvalue weighted by Gasteiger charge is -2.57. The van der Waals surface area contributed by atoms with Gasteiger partial charge >= 0.3 is 5.97 Å². The van der Waals surface area contributed by atoms with Crippen LogP contribution in [0.3, 0.4) is 0 Å². The first-order chi connectivity index (χ1) is 17.4. The summed E-state index contributed by atoms with van der Waals surface area (Å²) in [6, 6.07) is 0. The Morgan fingerprint density at radius 2 is 1.81 bits per heavy atom. The molecule has 0 bridgehead atoms. The molecule has 5 aliphatic rings. The molecular formula is C30H41N3O3. The Hall–Kier alpha value is -2.24. The fourth-order valence-corrected chi connectivity index (χ4v) is 9.03. The lowest BCUT2D eigenvalue weighted by atomic mass is 9.48. The second-order valence-electron chi connectivity index (χ2n) is 12.7. The Morgan fingerprint density at radius 3 is 2.53 bits per heavy atom. The minimum atomic E-state index is -0.0434. The number of carbonyl (C=O) groups is 2. The SMILES string of the molecule is C[C@]12CC[C@H](OC(=O)C3CCCCCC3)CC1=CC[C@@H]1[C@@H]2CC[C@]2(C)C(n3cncn3)=C(C=O)C[C@@H]12. The van der Waals surface area contributed by atoms with E-state index in [0.717, 1.165) is 81.8 Å². The van der Waals surface area contributed by atoms with Crippen LogP contribution in [0.2, 0.25) is 0 Å². The number of aromatic nitrogens is 3. The molecule has 0 aliphatic heterocycles. The second kappa shape index (κ2) is 9.25. The fraction of sp³-hybridized carbons (Fsp3) is 0.733. The van der Waals surface area contributed by atoms with Gasteiger partial charge in [0.2, 0.25) is 0 Å². The average Bonchev–Trinajstić information content (AvgIpc) is 3.39. The quantitative estimate of drug-likeness (QED) is 0.219. The van der Waals surface area contributed by atoms with Crippen LogP contribution in [0, 0.1) is 34.5 Å². The standard InChI is InChI=1S/C30H41N3O3/c1-29-13-11-23(36-28(35)20-7-5-3-4-6-8-20)16-22(29)9-10-24-25(29)12-14-30(2)26(24)15-21(17-34)27(30)33-19-31-18-32-33/h9,17-20,23-26H,3-8,10-16H2,1-2H3/t23-,24+,25-,26-,29-,30-/m0/s1. The van der Waals surface area contributed by atoms with Crippen molar-refractivity contribution in [2.45, 2.75) is 103 Å². The highest BCUT2D eigenvalue weighted by molar-refractivity contribution is 5.86. The van der Waals surface area contributed by atoms with Crippen molar-refractivity contribution >= 4 is 18.0 Å². The summed E-state index contributed by atoms with van der Waals surface area (Å²) in [5.41, 5.74) is 3.64. The largest absolute Gasteiger partial charge is 0.462 e. The van der Waals surface area contributed by atoms with Gasteiger partial charge in [-0.25, -0.2) is 9.67 Å². The van der Waals surface area contributed by atoms with Crippen molar-refractivity contribution in [3.8, 4) is 0 Å². The molecule has 6 atom stereocenters. The molecule has 36 heavy (non-hydrogen) atoms. The fourth-order valence-electron chi connectivity index (χ4n) is 9.03. The van der Waals surface area contributed by atoms with Crippen LogP contribution in [-0.4, -0.2) is 33.1 Å². The molecule has 6 nitrogen and oxygen atoms in total. The third kappa shape index (κ3) is 3.81. The number of allylic oxidation sites excluding steroid dienone is 3. The van der Waals surface area contributed by atoms with Gasteiger partial charge in [-0.05, 0) is 74.5 Å². The molecule has 0 amide bonds. The van der Waals surface area contributed by atoms with Gasteiger partial charge in [0.15, 0.2) is 0 Å². The number of hydrogen-bond donors (Lipinski definition) is 0. The predicted molar refractivity (Wildman–Crippen MR) is 137 cm³/mol. The summed E-state index contributed by atoms with van der Waals surface area (Å²) < 4.78 is 8.00. The number of nitrogens with zero attached hydrogens (tertiary/aromatic N) is 3. The first-order valence-corrected chi connectivity index (χ1v) is 14.4. The number of esters is 1. The molecule has 6 rings (SSSR count). The summed E-state index contributed by atoms with van der Waals surface area (Å²) in [4.78, 5) is 29.3. The van der Waals surface area contributed by atoms with Crippen LogP contribution in [0.1, 0.15) is 97.3 Å². The molecule has 1 aromatic rings. The van der Waals surface area contributed by atoms with E-state index in [-0.39, 0.29) is 28.8 Å². The summed E-state index contributed by atoms with van der Waals surface area (Å²) in [5.74, 6) is 1.82. The Labute approximate surface area is 215 Å². The third-order valence-electron chi connectivity index (χ3n) is 11.0. The lowest BCUT2D eigenvalue weighted by Crippen LogP contribution is -2.50. The molecule has 5 aliphatic carbocycles. The van der Waals surface area contributed by atoms with E-state index >= 15 is 0 Å². The predicted octanol–water partition coefficient (Wildman–Crippen LogP) is 6.14. The molecule has 0 saturated heterocycles. The van der Waals surface area contributed by atoms with E-state index in [2.05, 4.69) is 30.0 Å². The summed E-state index contributed by atoms with van der Waals surface area (Å²) >= 11 is 0. The zero-order chi connectivity index (χ0) is 24.9. The van der Waals surface area contributed by atoms with Gasteiger partial charge in [-0.1, -0.05) is 51.2 Å². The van der Waals surface area contributed by atoms with Crippen LogP contribution in [0.5, 0.6) is 0 Å². The summed E-state index contributed by atoms with van der Waals surface area (Å²) in [5, 5.41) is 4.42. The van der Waals surface area contributed by atoms with Crippen molar-refractivity contribution < 1.29 is 14.3 Å². The maximum atomic E-state index is 12.9. The van der Waals surface area contributed by atoms with E-state index in [9.17, 15) is 9.59 Å². The normalized spacial score (nSPS) is 38.9. The van der Waals surface area contributed by atoms with Crippen molar-refractivity contribution in [1.82, 2.24) is 14.8 Å². The van der Waals surface area contributed by atoms with Gasteiger partial charge in [-0.2, -0.15) is 5.10 Å².